The Bertz CT molecular complexity index is 688. The average Bonchev–Trinajstić information content (AvgIpc) is 2.63. The standard InChI is InChI=1S/C18H20FN3O2/c1-20-18(23)14-4-7-16(21-10-14)17-12-22(8-9-24-17)11-13-2-5-15(19)6-3-13/h2-7,10,17H,8-9,11-12H2,1H3,(H,20,23). The van der Waals surface area contributed by atoms with Gasteiger partial charge in [0.05, 0.1) is 17.9 Å². The molecule has 1 aromatic carbocycles. The van der Waals surface area contributed by atoms with E-state index in [0.717, 1.165) is 24.3 Å². The van der Waals surface area contributed by atoms with Crippen molar-refractivity contribution in [2.24, 2.45) is 0 Å². The van der Waals surface area contributed by atoms with Crippen LogP contribution in [0.1, 0.15) is 27.7 Å². The number of carbonyl (C=O) groups is 1. The van der Waals surface area contributed by atoms with Gasteiger partial charge in [-0.15, -0.1) is 0 Å². The van der Waals surface area contributed by atoms with Crippen molar-refractivity contribution < 1.29 is 13.9 Å². The molecule has 1 N–H and O–H groups in total. The number of morpholine rings is 1. The summed E-state index contributed by atoms with van der Waals surface area (Å²) in [6.45, 7) is 2.90. The molecule has 1 amide bonds. The molecule has 2 heterocycles. The Morgan fingerprint density at radius 3 is 2.79 bits per heavy atom. The third-order valence-electron chi connectivity index (χ3n) is 4.08. The molecule has 0 bridgehead atoms. The quantitative estimate of drug-likeness (QED) is 0.934. The number of ether oxygens (including phenoxy) is 1. The third kappa shape index (κ3) is 3.96. The van der Waals surface area contributed by atoms with E-state index in [2.05, 4.69) is 15.2 Å². The van der Waals surface area contributed by atoms with E-state index in [4.69, 9.17) is 4.74 Å². The molecule has 0 aliphatic carbocycles. The second-order valence-electron chi connectivity index (χ2n) is 5.77. The van der Waals surface area contributed by atoms with Crippen molar-refractivity contribution in [3.63, 3.8) is 0 Å². The molecule has 1 saturated heterocycles. The van der Waals surface area contributed by atoms with Gasteiger partial charge in [0, 0.05) is 32.9 Å². The third-order valence-corrected chi connectivity index (χ3v) is 4.08. The molecule has 126 valence electrons. The Balaban J connectivity index is 1.64. The molecule has 0 spiro atoms. The smallest absolute Gasteiger partial charge is 0.252 e. The first kappa shape index (κ1) is 16.5. The molecule has 1 aliphatic heterocycles. The maximum Gasteiger partial charge on any atom is 0.252 e. The zero-order chi connectivity index (χ0) is 16.9. The van der Waals surface area contributed by atoms with Gasteiger partial charge in [-0.3, -0.25) is 14.7 Å². The first-order valence-corrected chi connectivity index (χ1v) is 7.92. The van der Waals surface area contributed by atoms with Gasteiger partial charge >= 0.3 is 0 Å². The minimum atomic E-state index is -0.223. The second-order valence-corrected chi connectivity index (χ2v) is 5.77. The topological polar surface area (TPSA) is 54.5 Å². The van der Waals surface area contributed by atoms with Crippen LogP contribution in [-0.4, -0.2) is 42.5 Å². The number of carbonyl (C=O) groups excluding carboxylic acids is 1. The molecule has 2 aromatic rings. The molecule has 0 radical (unpaired) electrons. The largest absolute Gasteiger partial charge is 0.369 e. The lowest BCUT2D eigenvalue weighted by Crippen LogP contribution is -2.38. The minimum absolute atomic E-state index is 0.127. The first-order valence-electron chi connectivity index (χ1n) is 7.92. The second kappa shape index (κ2) is 7.51. The summed E-state index contributed by atoms with van der Waals surface area (Å²) in [4.78, 5) is 18.2. The van der Waals surface area contributed by atoms with Crippen molar-refractivity contribution in [2.75, 3.05) is 26.7 Å². The zero-order valence-corrected chi connectivity index (χ0v) is 13.5. The predicted molar refractivity (Wildman–Crippen MR) is 88.0 cm³/mol. The summed E-state index contributed by atoms with van der Waals surface area (Å²) in [7, 11) is 1.59. The van der Waals surface area contributed by atoms with Gasteiger partial charge in [0.1, 0.15) is 11.9 Å². The van der Waals surface area contributed by atoms with Gasteiger partial charge in [-0.05, 0) is 29.8 Å². The molecule has 0 saturated carbocycles. The van der Waals surface area contributed by atoms with Gasteiger partial charge < -0.3 is 10.1 Å². The van der Waals surface area contributed by atoms with Crippen molar-refractivity contribution in [1.29, 1.82) is 0 Å². The summed E-state index contributed by atoms with van der Waals surface area (Å²) >= 11 is 0. The van der Waals surface area contributed by atoms with Crippen LogP contribution in [-0.2, 0) is 11.3 Å². The lowest BCUT2D eigenvalue weighted by Gasteiger charge is -2.32. The van der Waals surface area contributed by atoms with E-state index in [1.807, 2.05) is 6.07 Å². The van der Waals surface area contributed by atoms with Gasteiger partial charge in [0.2, 0.25) is 0 Å². The van der Waals surface area contributed by atoms with E-state index >= 15 is 0 Å². The van der Waals surface area contributed by atoms with Gasteiger partial charge in [0.25, 0.3) is 5.91 Å². The molecule has 3 rings (SSSR count). The van der Waals surface area contributed by atoms with Crippen molar-refractivity contribution in [3.05, 3.63) is 65.2 Å². The monoisotopic (exact) mass is 329 g/mol. The maximum absolute atomic E-state index is 13.0. The number of aromatic nitrogens is 1. The van der Waals surface area contributed by atoms with Crippen LogP contribution < -0.4 is 5.32 Å². The Morgan fingerprint density at radius 1 is 1.33 bits per heavy atom. The summed E-state index contributed by atoms with van der Waals surface area (Å²) in [5.74, 6) is -0.379. The molecular weight excluding hydrogens is 309 g/mol. The van der Waals surface area contributed by atoms with Crippen molar-refractivity contribution in [1.82, 2.24) is 15.2 Å². The molecule has 1 atom stereocenters. The fourth-order valence-corrected chi connectivity index (χ4v) is 2.75. The highest BCUT2D eigenvalue weighted by Crippen LogP contribution is 2.22. The molecule has 24 heavy (non-hydrogen) atoms. The van der Waals surface area contributed by atoms with Crippen LogP contribution >= 0.6 is 0 Å². The summed E-state index contributed by atoms with van der Waals surface area (Å²) in [5.41, 5.74) is 2.41. The molecule has 5 nitrogen and oxygen atoms in total. The van der Waals surface area contributed by atoms with Crippen LogP contribution in [0, 0.1) is 5.82 Å². The first-order chi connectivity index (χ1) is 11.7. The van der Waals surface area contributed by atoms with Crippen LogP contribution in [0.15, 0.2) is 42.6 Å². The van der Waals surface area contributed by atoms with Crippen LogP contribution in [0.25, 0.3) is 0 Å². The highest BCUT2D eigenvalue weighted by atomic mass is 19.1. The number of benzene rings is 1. The van der Waals surface area contributed by atoms with Gasteiger partial charge in [-0.2, -0.15) is 0 Å². The number of nitrogens with one attached hydrogen (secondary N) is 1. The van der Waals surface area contributed by atoms with Crippen LogP contribution in [0.4, 0.5) is 4.39 Å². The van der Waals surface area contributed by atoms with E-state index in [0.29, 0.717) is 18.7 Å². The summed E-state index contributed by atoms with van der Waals surface area (Å²) in [6.07, 6.45) is 1.44. The number of amides is 1. The summed E-state index contributed by atoms with van der Waals surface area (Å²) in [5, 5.41) is 2.57. The van der Waals surface area contributed by atoms with Crippen LogP contribution in [0.3, 0.4) is 0 Å². The number of rotatable bonds is 4. The van der Waals surface area contributed by atoms with Crippen molar-refractivity contribution in [3.8, 4) is 0 Å². The SMILES string of the molecule is CNC(=O)c1ccc(C2CN(Cc3ccc(F)cc3)CCO2)nc1. The fraction of sp³-hybridized carbons (Fsp3) is 0.333. The number of hydrogen-bond donors (Lipinski definition) is 1. The number of pyridine rings is 1. The number of halogens is 1. The van der Waals surface area contributed by atoms with Gasteiger partial charge in [0.15, 0.2) is 0 Å². The number of hydrogen-bond acceptors (Lipinski definition) is 4. The van der Waals surface area contributed by atoms with E-state index in [1.54, 1.807) is 31.4 Å². The Kier molecular flexibility index (Phi) is 5.17. The molecule has 1 unspecified atom stereocenters. The zero-order valence-electron chi connectivity index (χ0n) is 13.5. The van der Waals surface area contributed by atoms with E-state index in [9.17, 15) is 9.18 Å². The lowest BCUT2D eigenvalue weighted by molar-refractivity contribution is -0.0350. The van der Waals surface area contributed by atoms with E-state index in [1.165, 1.54) is 12.1 Å². The van der Waals surface area contributed by atoms with Crippen LogP contribution in [0.5, 0.6) is 0 Å². The Labute approximate surface area is 140 Å². The highest BCUT2D eigenvalue weighted by molar-refractivity contribution is 5.93. The van der Waals surface area contributed by atoms with Crippen molar-refractivity contribution >= 4 is 5.91 Å². The Hall–Kier alpha value is -2.31. The summed E-state index contributed by atoms with van der Waals surface area (Å²) < 4.78 is 18.8. The molecule has 1 aliphatic rings. The fourth-order valence-electron chi connectivity index (χ4n) is 2.75. The average molecular weight is 329 g/mol. The minimum Gasteiger partial charge on any atom is -0.369 e. The van der Waals surface area contributed by atoms with Crippen molar-refractivity contribution in [2.45, 2.75) is 12.6 Å². The van der Waals surface area contributed by atoms with Gasteiger partial charge in [-0.1, -0.05) is 12.1 Å². The normalized spacial score (nSPS) is 18.3. The maximum atomic E-state index is 13.0. The number of nitrogens with zero attached hydrogens (tertiary/aromatic N) is 2. The molecule has 6 heteroatoms. The molecule has 1 fully saturated rings. The Morgan fingerprint density at radius 2 is 2.12 bits per heavy atom. The van der Waals surface area contributed by atoms with E-state index in [-0.39, 0.29) is 17.8 Å². The molecule has 1 aromatic heterocycles. The van der Waals surface area contributed by atoms with Gasteiger partial charge in [-0.25, -0.2) is 4.39 Å². The lowest BCUT2D eigenvalue weighted by atomic mass is 10.1. The molecular formula is C18H20FN3O2. The highest BCUT2D eigenvalue weighted by Gasteiger charge is 2.23. The van der Waals surface area contributed by atoms with Crippen LogP contribution in [0.2, 0.25) is 0 Å². The summed E-state index contributed by atoms with van der Waals surface area (Å²) in [6, 6.07) is 10.1. The predicted octanol–water partition coefficient (Wildman–Crippen LogP) is 2.15. The van der Waals surface area contributed by atoms with E-state index < -0.39 is 0 Å².